The van der Waals surface area contributed by atoms with Crippen LogP contribution in [0.25, 0.3) is 0 Å². The van der Waals surface area contributed by atoms with E-state index in [0.717, 1.165) is 13.1 Å². The topological polar surface area (TPSA) is 65.0 Å². The average molecular weight is 234 g/mol. The van der Waals surface area contributed by atoms with E-state index in [4.69, 9.17) is 9.84 Å². The minimum atomic E-state index is -0.335. The van der Waals surface area contributed by atoms with Gasteiger partial charge in [-0.1, -0.05) is 13.8 Å². The van der Waals surface area contributed by atoms with Gasteiger partial charge in [0.15, 0.2) is 0 Å². The molecule has 0 bridgehead atoms. The standard InChI is InChI=1S/C11H26N2O3/c1-3-13(4-2)10-11(15)9-12-5-7-16-8-6-14/h11-12,14-15H,3-10H2,1-2H3. The molecule has 98 valence electrons. The first-order chi connectivity index (χ1) is 7.74. The molecule has 3 N–H and O–H groups in total. The molecule has 0 radical (unpaired) electrons. The van der Waals surface area contributed by atoms with Gasteiger partial charge in [0, 0.05) is 19.6 Å². The van der Waals surface area contributed by atoms with Crippen LogP contribution in [0.15, 0.2) is 0 Å². The number of rotatable bonds is 11. The van der Waals surface area contributed by atoms with Crippen molar-refractivity contribution in [1.29, 1.82) is 0 Å². The molecule has 0 saturated heterocycles. The monoisotopic (exact) mass is 234 g/mol. The molecule has 0 aliphatic rings. The summed E-state index contributed by atoms with van der Waals surface area (Å²) in [6.07, 6.45) is -0.335. The van der Waals surface area contributed by atoms with E-state index in [1.807, 2.05) is 0 Å². The minimum absolute atomic E-state index is 0.0601. The van der Waals surface area contributed by atoms with Crippen LogP contribution in [-0.2, 0) is 4.74 Å². The fourth-order valence-electron chi connectivity index (χ4n) is 1.42. The molecule has 0 aromatic rings. The Balaban J connectivity index is 3.32. The quantitative estimate of drug-likeness (QED) is 0.412. The molecule has 0 heterocycles. The van der Waals surface area contributed by atoms with Crippen LogP contribution < -0.4 is 5.32 Å². The zero-order valence-electron chi connectivity index (χ0n) is 10.5. The first-order valence-electron chi connectivity index (χ1n) is 6.04. The summed E-state index contributed by atoms with van der Waals surface area (Å²) in [6.45, 7) is 9.11. The van der Waals surface area contributed by atoms with Crippen LogP contribution in [0, 0.1) is 0 Å². The summed E-state index contributed by atoms with van der Waals surface area (Å²) in [5.41, 5.74) is 0. The molecule has 0 fully saturated rings. The molecule has 16 heavy (non-hydrogen) atoms. The molecule has 0 spiro atoms. The van der Waals surface area contributed by atoms with Crippen LogP contribution in [0.3, 0.4) is 0 Å². The van der Waals surface area contributed by atoms with Crippen LogP contribution in [0.5, 0.6) is 0 Å². The van der Waals surface area contributed by atoms with Gasteiger partial charge >= 0.3 is 0 Å². The van der Waals surface area contributed by atoms with Gasteiger partial charge in [0.05, 0.1) is 25.9 Å². The fraction of sp³-hybridized carbons (Fsp3) is 1.00. The van der Waals surface area contributed by atoms with Gasteiger partial charge in [0.1, 0.15) is 0 Å². The van der Waals surface area contributed by atoms with Crippen molar-refractivity contribution >= 4 is 0 Å². The normalized spacial score (nSPS) is 13.3. The lowest BCUT2D eigenvalue weighted by molar-refractivity contribution is 0.0868. The van der Waals surface area contributed by atoms with Gasteiger partial charge in [-0.2, -0.15) is 0 Å². The van der Waals surface area contributed by atoms with Gasteiger partial charge in [0.2, 0.25) is 0 Å². The Hall–Kier alpha value is -0.200. The van der Waals surface area contributed by atoms with Crippen molar-refractivity contribution in [2.75, 3.05) is 52.5 Å². The first kappa shape index (κ1) is 15.8. The SMILES string of the molecule is CCN(CC)CC(O)CNCCOCCO. The first-order valence-corrected chi connectivity index (χ1v) is 6.04. The lowest BCUT2D eigenvalue weighted by Crippen LogP contribution is -2.39. The van der Waals surface area contributed by atoms with E-state index < -0.39 is 0 Å². The summed E-state index contributed by atoms with van der Waals surface area (Å²) in [5.74, 6) is 0. The van der Waals surface area contributed by atoms with E-state index in [0.29, 0.717) is 32.8 Å². The Morgan fingerprint density at radius 2 is 1.94 bits per heavy atom. The molecular weight excluding hydrogens is 208 g/mol. The van der Waals surface area contributed by atoms with Crippen molar-refractivity contribution in [3.05, 3.63) is 0 Å². The highest BCUT2D eigenvalue weighted by Gasteiger charge is 2.07. The van der Waals surface area contributed by atoms with Crippen LogP contribution >= 0.6 is 0 Å². The van der Waals surface area contributed by atoms with Crippen LogP contribution in [0.4, 0.5) is 0 Å². The Morgan fingerprint density at radius 1 is 1.25 bits per heavy atom. The Bertz CT molecular complexity index is 143. The number of ether oxygens (including phenoxy) is 1. The minimum Gasteiger partial charge on any atom is -0.394 e. The molecular formula is C11H26N2O3. The molecule has 5 heteroatoms. The third-order valence-corrected chi connectivity index (χ3v) is 2.40. The second-order valence-electron chi connectivity index (χ2n) is 3.68. The molecule has 0 rings (SSSR count). The zero-order valence-corrected chi connectivity index (χ0v) is 10.5. The van der Waals surface area contributed by atoms with Gasteiger partial charge in [-0.25, -0.2) is 0 Å². The summed E-state index contributed by atoms with van der Waals surface area (Å²) in [5, 5.41) is 21.3. The highest BCUT2D eigenvalue weighted by Crippen LogP contribution is 1.90. The van der Waals surface area contributed by atoms with E-state index >= 15 is 0 Å². The van der Waals surface area contributed by atoms with E-state index in [9.17, 15) is 5.11 Å². The summed E-state index contributed by atoms with van der Waals surface area (Å²) in [7, 11) is 0. The Labute approximate surface area is 98.4 Å². The van der Waals surface area contributed by atoms with Gasteiger partial charge in [-0.15, -0.1) is 0 Å². The molecule has 0 aromatic carbocycles. The van der Waals surface area contributed by atoms with Crippen molar-refractivity contribution in [2.24, 2.45) is 0 Å². The van der Waals surface area contributed by atoms with Crippen molar-refractivity contribution in [3.63, 3.8) is 0 Å². The maximum absolute atomic E-state index is 9.70. The maximum atomic E-state index is 9.70. The number of nitrogens with zero attached hydrogens (tertiary/aromatic N) is 1. The van der Waals surface area contributed by atoms with Gasteiger partial charge in [-0.3, -0.25) is 0 Å². The van der Waals surface area contributed by atoms with Gasteiger partial charge < -0.3 is 25.2 Å². The summed E-state index contributed by atoms with van der Waals surface area (Å²) in [4.78, 5) is 2.19. The largest absolute Gasteiger partial charge is 0.394 e. The van der Waals surface area contributed by atoms with E-state index in [1.165, 1.54) is 0 Å². The molecule has 5 nitrogen and oxygen atoms in total. The van der Waals surface area contributed by atoms with Crippen molar-refractivity contribution in [3.8, 4) is 0 Å². The second-order valence-corrected chi connectivity index (χ2v) is 3.68. The van der Waals surface area contributed by atoms with Gasteiger partial charge in [0.25, 0.3) is 0 Å². The van der Waals surface area contributed by atoms with Gasteiger partial charge in [-0.05, 0) is 13.1 Å². The second kappa shape index (κ2) is 11.3. The number of nitrogens with one attached hydrogen (secondary N) is 1. The highest BCUT2D eigenvalue weighted by molar-refractivity contribution is 4.64. The number of hydrogen-bond acceptors (Lipinski definition) is 5. The average Bonchev–Trinajstić information content (AvgIpc) is 2.30. The smallest absolute Gasteiger partial charge is 0.0791 e. The predicted octanol–water partition coefficient (Wildman–Crippen LogP) is -0.712. The summed E-state index contributed by atoms with van der Waals surface area (Å²) in [6, 6.07) is 0. The summed E-state index contributed by atoms with van der Waals surface area (Å²) >= 11 is 0. The molecule has 0 aliphatic carbocycles. The third kappa shape index (κ3) is 9.06. The molecule has 1 atom stereocenters. The number of aliphatic hydroxyl groups excluding tert-OH is 2. The maximum Gasteiger partial charge on any atom is 0.0791 e. The molecule has 0 aromatic heterocycles. The predicted molar refractivity (Wildman–Crippen MR) is 64.6 cm³/mol. The Morgan fingerprint density at radius 3 is 2.50 bits per heavy atom. The number of hydrogen-bond donors (Lipinski definition) is 3. The molecule has 0 saturated carbocycles. The van der Waals surface area contributed by atoms with Crippen LogP contribution in [0.2, 0.25) is 0 Å². The van der Waals surface area contributed by atoms with Crippen molar-refractivity contribution in [1.82, 2.24) is 10.2 Å². The van der Waals surface area contributed by atoms with Crippen molar-refractivity contribution in [2.45, 2.75) is 20.0 Å². The molecule has 0 amide bonds. The van der Waals surface area contributed by atoms with E-state index in [2.05, 4.69) is 24.1 Å². The lowest BCUT2D eigenvalue weighted by Gasteiger charge is -2.22. The third-order valence-electron chi connectivity index (χ3n) is 2.40. The Kier molecular flexibility index (Phi) is 11.1. The highest BCUT2D eigenvalue weighted by atomic mass is 16.5. The zero-order chi connectivity index (χ0) is 12.2. The number of aliphatic hydroxyl groups is 2. The van der Waals surface area contributed by atoms with E-state index in [1.54, 1.807) is 0 Å². The van der Waals surface area contributed by atoms with Crippen LogP contribution in [-0.4, -0.2) is 73.8 Å². The van der Waals surface area contributed by atoms with E-state index in [-0.39, 0.29) is 12.7 Å². The van der Waals surface area contributed by atoms with Crippen LogP contribution in [0.1, 0.15) is 13.8 Å². The fourth-order valence-corrected chi connectivity index (χ4v) is 1.42. The summed E-state index contributed by atoms with van der Waals surface area (Å²) < 4.78 is 5.08. The van der Waals surface area contributed by atoms with Crippen molar-refractivity contribution < 1.29 is 14.9 Å². The lowest BCUT2D eigenvalue weighted by atomic mass is 10.3. The molecule has 1 unspecified atom stereocenters. The molecule has 0 aliphatic heterocycles. The number of likely N-dealkylation sites (N-methyl/N-ethyl adjacent to an activating group) is 1.